The van der Waals surface area contributed by atoms with E-state index in [1.165, 1.54) is 12.3 Å². The third kappa shape index (κ3) is 1.01. The number of hydrogen-bond donors (Lipinski definition) is 3. The molecule has 0 bridgehead atoms. The average Bonchev–Trinajstić information content (AvgIpc) is 1.83. The fraction of sp³-hybridized carbons (Fsp3) is 0.250. The molecule has 1 atom stereocenters. The summed E-state index contributed by atoms with van der Waals surface area (Å²) in [6.07, 6.45) is 1.88. The van der Waals surface area contributed by atoms with Crippen LogP contribution >= 0.6 is 0 Å². The molecule has 5 N–H and O–H groups in total. The first-order chi connectivity index (χ1) is 4.22. The molecule has 0 radical (unpaired) electrons. The van der Waals surface area contributed by atoms with E-state index in [0.717, 1.165) is 5.01 Å². The van der Waals surface area contributed by atoms with Gasteiger partial charge >= 0.3 is 0 Å². The van der Waals surface area contributed by atoms with Crippen LogP contribution in [0.15, 0.2) is 16.9 Å². The van der Waals surface area contributed by atoms with E-state index in [1.807, 2.05) is 0 Å². The van der Waals surface area contributed by atoms with Gasteiger partial charge in [0.25, 0.3) is 0 Å². The quantitative estimate of drug-likeness (QED) is 0.340. The summed E-state index contributed by atoms with van der Waals surface area (Å²) < 4.78 is 0. The van der Waals surface area contributed by atoms with Crippen molar-refractivity contribution >= 4 is 6.21 Å². The summed E-state index contributed by atoms with van der Waals surface area (Å²) in [4.78, 5) is 3.54. The van der Waals surface area contributed by atoms with Crippen LogP contribution < -0.4 is 11.6 Å². The number of nitrogens with zero attached hydrogens (tertiary/aromatic N) is 2. The standard InChI is InChI=1S/C4H8N4O/c5-3-1-2-7-4(9)8(3)6/h1-2,4,9H,5-6H2. The van der Waals surface area contributed by atoms with Crippen LogP contribution in [0.3, 0.4) is 0 Å². The van der Waals surface area contributed by atoms with Gasteiger partial charge in [-0.1, -0.05) is 0 Å². The maximum atomic E-state index is 8.83. The monoisotopic (exact) mass is 128 g/mol. The van der Waals surface area contributed by atoms with Crippen molar-refractivity contribution in [3.8, 4) is 0 Å². The zero-order valence-corrected chi connectivity index (χ0v) is 4.73. The largest absolute Gasteiger partial charge is 0.384 e. The summed E-state index contributed by atoms with van der Waals surface area (Å²) in [5.74, 6) is 5.50. The van der Waals surface area contributed by atoms with E-state index in [0.29, 0.717) is 5.82 Å². The Labute approximate surface area is 52.2 Å². The first-order valence-corrected chi connectivity index (χ1v) is 2.43. The van der Waals surface area contributed by atoms with Crippen LogP contribution in [0.5, 0.6) is 0 Å². The second-order valence-electron chi connectivity index (χ2n) is 1.64. The van der Waals surface area contributed by atoms with Gasteiger partial charge in [-0.25, -0.2) is 15.8 Å². The number of aliphatic imine (C=N–C) groups is 1. The molecule has 0 aliphatic carbocycles. The lowest BCUT2D eigenvalue weighted by Gasteiger charge is -2.23. The van der Waals surface area contributed by atoms with Crippen LogP contribution in [-0.4, -0.2) is 22.7 Å². The first-order valence-electron chi connectivity index (χ1n) is 2.43. The van der Waals surface area contributed by atoms with Crippen LogP contribution in [0.1, 0.15) is 0 Å². The van der Waals surface area contributed by atoms with Crippen molar-refractivity contribution in [1.29, 1.82) is 0 Å². The third-order valence-electron chi connectivity index (χ3n) is 1.01. The molecule has 0 aromatic carbocycles. The lowest BCUT2D eigenvalue weighted by molar-refractivity contribution is 0.0333. The molecule has 1 aliphatic heterocycles. The molecular weight excluding hydrogens is 120 g/mol. The van der Waals surface area contributed by atoms with Gasteiger partial charge in [0.1, 0.15) is 5.82 Å². The summed E-state index contributed by atoms with van der Waals surface area (Å²) >= 11 is 0. The maximum Gasteiger partial charge on any atom is 0.240 e. The summed E-state index contributed by atoms with van der Waals surface area (Å²) in [5, 5.41) is 9.80. The minimum Gasteiger partial charge on any atom is -0.384 e. The van der Waals surface area contributed by atoms with Crippen LogP contribution in [0.2, 0.25) is 0 Å². The summed E-state index contributed by atoms with van der Waals surface area (Å²) in [6.45, 7) is 0. The number of hydrogen-bond acceptors (Lipinski definition) is 5. The molecule has 1 aliphatic rings. The van der Waals surface area contributed by atoms with Gasteiger partial charge in [-0.05, 0) is 6.08 Å². The van der Waals surface area contributed by atoms with Gasteiger partial charge in [-0.15, -0.1) is 0 Å². The van der Waals surface area contributed by atoms with Crippen LogP contribution in [-0.2, 0) is 0 Å². The Morgan fingerprint density at radius 2 is 2.44 bits per heavy atom. The van der Waals surface area contributed by atoms with Gasteiger partial charge in [0.05, 0.1) is 0 Å². The van der Waals surface area contributed by atoms with E-state index in [4.69, 9.17) is 16.7 Å². The summed E-state index contributed by atoms with van der Waals surface area (Å²) in [5.41, 5.74) is 5.28. The average molecular weight is 128 g/mol. The molecule has 1 unspecified atom stereocenters. The normalized spacial score (nSPS) is 26.2. The zero-order valence-electron chi connectivity index (χ0n) is 4.73. The van der Waals surface area contributed by atoms with Crippen molar-refractivity contribution in [3.05, 3.63) is 11.9 Å². The predicted octanol–water partition coefficient (Wildman–Crippen LogP) is -1.68. The second kappa shape index (κ2) is 2.04. The van der Waals surface area contributed by atoms with Gasteiger partial charge in [0.15, 0.2) is 0 Å². The lowest BCUT2D eigenvalue weighted by atomic mass is 10.5. The molecule has 1 heterocycles. The summed E-state index contributed by atoms with van der Waals surface area (Å²) in [6, 6.07) is 0. The van der Waals surface area contributed by atoms with Crippen molar-refractivity contribution in [2.24, 2.45) is 16.6 Å². The molecule has 0 saturated carbocycles. The van der Waals surface area contributed by atoms with Gasteiger partial charge in [-0.2, -0.15) is 0 Å². The molecule has 5 heteroatoms. The minimum absolute atomic E-state index is 0.303. The van der Waals surface area contributed by atoms with Crippen molar-refractivity contribution in [1.82, 2.24) is 5.01 Å². The number of nitrogens with two attached hydrogens (primary N) is 2. The van der Waals surface area contributed by atoms with Crippen LogP contribution in [0.25, 0.3) is 0 Å². The molecule has 0 aromatic heterocycles. The molecule has 0 amide bonds. The number of aliphatic hydroxyl groups excluding tert-OH is 1. The molecule has 0 fully saturated rings. The van der Waals surface area contributed by atoms with Gasteiger partial charge < -0.3 is 10.8 Å². The van der Waals surface area contributed by atoms with Crippen molar-refractivity contribution in [2.75, 3.05) is 0 Å². The van der Waals surface area contributed by atoms with Crippen molar-refractivity contribution in [2.45, 2.75) is 6.35 Å². The molecule has 9 heavy (non-hydrogen) atoms. The molecule has 0 saturated heterocycles. The highest BCUT2D eigenvalue weighted by Crippen LogP contribution is 2.00. The van der Waals surface area contributed by atoms with Gasteiger partial charge in [-0.3, -0.25) is 0 Å². The summed E-state index contributed by atoms with van der Waals surface area (Å²) in [7, 11) is 0. The fourth-order valence-electron chi connectivity index (χ4n) is 0.488. The minimum atomic E-state index is -1.03. The molecular formula is C4H8N4O. The van der Waals surface area contributed by atoms with E-state index in [2.05, 4.69) is 4.99 Å². The fourth-order valence-corrected chi connectivity index (χ4v) is 0.488. The first kappa shape index (κ1) is 6.06. The molecule has 50 valence electrons. The van der Waals surface area contributed by atoms with E-state index < -0.39 is 6.35 Å². The topological polar surface area (TPSA) is 87.9 Å². The Hall–Kier alpha value is -1.07. The Morgan fingerprint density at radius 3 is 2.89 bits per heavy atom. The smallest absolute Gasteiger partial charge is 0.240 e. The number of rotatable bonds is 0. The van der Waals surface area contributed by atoms with Gasteiger partial charge in [0, 0.05) is 6.21 Å². The second-order valence-corrected chi connectivity index (χ2v) is 1.64. The van der Waals surface area contributed by atoms with E-state index in [1.54, 1.807) is 0 Å². The van der Waals surface area contributed by atoms with Crippen molar-refractivity contribution < 1.29 is 5.11 Å². The number of allylic oxidation sites excluding steroid dienone is 1. The Bertz CT molecular complexity index is 164. The highest BCUT2D eigenvalue weighted by molar-refractivity contribution is 5.72. The Morgan fingerprint density at radius 1 is 1.78 bits per heavy atom. The highest BCUT2D eigenvalue weighted by Gasteiger charge is 2.12. The van der Waals surface area contributed by atoms with E-state index in [-0.39, 0.29) is 0 Å². The maximum absolute atomic E-state index is 8.83. The highest BCUT2D eigenvalue weighted by atomic mass is 16.3. The molecule has 1 rings (SSSR count). The number of hydrazine groups is 1. The molecule has 0 aromatic rings. The molecule has 5 nitrogen and oxygen atoms in total. The van der Waals surface area contributed by atoms with E-state index in [9.17, 15) is 0 Å². The SMILES string of the molecule is NC1=CC=NC(O)N1N. The molecule has 0 spiro atoms. The number of aliphatic hydroxyl groups is 1. The Kier molecular flexibility index (Phi) is 1.37. The van der Waals surface area contributed by atoms with E-state index >= 15 is 0 Å². The van der Waals surface area contributed by atoms with Crippen LogP contribution in [0.4, 0.5) is 0 Å². The predicted molar refractivity (Wildman–Crippen MR) is 32.8 cm³/mol. The van der Waals surface area contributed by atoms with Gasteiger partial charge in [0.2, 0.25) is 6.35 Å². The van der Waals surface area contributed by atoms with Crippen LogP contribution in [0, 0.1) is 0 Å². The third-order valence-corrected chi connectivity index (χ3v) is 1.01. The zero-order chi connectivity index (χ0) is 6.85. The Balaban J connectivity index is 2.73. The lowest BCUT2D eigenvalue weighted by Crippen LogP contribution is -2.43. The van der Waals surface area contributed by atoms with Crippen molar-refractivity contribution in [3.63, 3.8) is 0 Å².